The van der Waals surface area contributed by atoms with Crippen molar-refractivity contribution < 1.29 is 9.21 Å². The zero-order chi connectivity index (χ0) is 17.7. The summed E-state index contributed by atoms with van der Waals surface area (Å²) in [4.78, 5) is 21.3. The quantitative estimate of drug-likeness (QED) is 0.782. The number of aryl methyl sites for hydroxylation is 1. The summed E-state index contributed by atoms with van der Waals surface area (Å²) in [5, 5.41) is 0. The Balaban J connectivity index is 2.23. The molecular weight excluding hydrogens is 302 g/mol. The summed E-state index contributed by atoms with van der Waals surface area (Å²) in [5.41, 5.74) is 1.53. The van der Waals surface area contributed by atoms with Gasteiger partial charge in [0.2, 0.25) is 0 Å². The topological polar surface area (TPSA) is 49.6 Å². The van der Waals surface area contributed by atoms with Crippen LogP contribution in [0.4, 0.5) is 0 Å². The Morgan fingerprint density at radius 1 is 1.17 bits per heavy atom. The fourth-order valence-corrected chi connectivity index (χ4v) is 2.39. The maximum Gasteiger partial charge on any atom is 0.276 e. The largest absolute Gasteiger partial charge is 0.445 e. The van der Waals surface area contributed by atoms with Gasteiger partial charge >= 0.3 is 0 Å². The molecule has 1 heterocycles. The molecule has 0 aliphatic heterocycles. The van der Waals surface area contributed by atoms with Crippen molar-refractivity contribution in [3.63, 3.8) is 0 Å². The molecule has 0 fully saturated rings. The lowest BCUT2D eigenvalue weighted by atomic mass is 10.2. The third-order valence-electron chi connectivity index (χ3n) is 3.83. The van der Waals surface area contributed by atoms with Crippen LogP contribution in [0.5, 0.6) is 0 Å². The molecule has 0 spiro atoms. The molecule has 24 heavy (non-hydrogen) atoms. The average molecular weight is 329 g/mol. The minimum Gasteiger partial charge on any atom is -0.445 e. The molecule has 1 aromatic carbocycles. The molecule has 0 aliphatic carbocycles. The van der Waals surface area contributed by atoms with Crippen molar-refractivity contribution in [2.75, 3.05) is 27.2 Å². The maximum absolute atomic E-state index is 13.0. The SMILES string of the molecule is Cc1oc(C(C)C)nc1C(=O)N(CCN(C)C)Cc1ccccc1. The molecule has 1 aromatic heterocycles. The summed E-state index contributed by atoms with van der Waals surface area (Å²) in [6.07, 6.45) is 0. The molecule has 0 atom stereocenters. The number of nitrogens with zero attached hydrogens (tertiary/aromatic N) is 3. The number of aromatic nitrogens is 1. The highest BCUT2D eigenvalue weighted by atomic mass is 16.4. The summed E-state index contributed by atoms with van der Waals surface area (Å²) in [7, 11) is 4.01. The first-order chi connectivity index (χ1) is 11.4. The molecule has 2 rings (SSSR count). The fourth-order valence-electron chi connectivity index (χ4n) is 2.39. The van der Waals surface area contributed by atoms with Crippen molar-refractivity contribution >= 4 is 5.91 Å². The van der Waals surface area contributed by atoms with Crippen LogP contribution in [0.2, 0.25) is 0 Å². The zero-order valence-corrected chi connectivity index (χ0v) is 15.2. The monoisotopic (exact) mass is 329 g/mol. The number of likely N-dealkylation sites (N-methyl/N-ethyl adjacent to an activating group) is 1. The summed E-state index contributed by atoms with van der Waals surface area (Å²) in [6, 6.07) is 10.0. The van der Waals surface area contributed by atoms with Crippen LogP contribution < -0.4 is 0 Å². The maximum atomic E-state index is 13.0. The van der Waals surface area contributed by atoms with E-state index in [1.165, 1.54) is 0 Å². The highest BCUT2D eigenvalue weighted by Crippen LogP contribution is 2.19. The summed E-state index contributed by atoms with van der Waals surface area (Å²) < 4.78 is 5.65. The molecule has 2 aromatic rings. The number of amides is 1. The number of benzene rings is 1. The van der Waals surface area contributed by atoms with Gasteiger partial charge in [-0.05, 0) is 26.6 Å². The lowest BCUT2D eigenvalue weighted by molar-refractivity contribution is 0.0725. The van der Waals surface area contributed by atoms with E-state index in [9.17, 15) is 4.79 Å². The Kier molecular flexibility index (Phi) is 6.15. The van der Waals surface area contributed by atoms with Gasteiger partial charge < -0.3 is 14.2 Å². The third-order valence-corrected chi connectivity index (χ3v) is 3.83. The van der Waals surface area contributed by atoms with Gasteiger partial charge in [-0.1, -0.05) is 44.2 Å². The first kappa shape index (κ1) is 18.2. The normalized spacial score (nSPS) is 11.3. The molecule has 0 radical (unpaired) electrons. The predicted molar refractivity (Wildman–Crippen MR) is 95.1 cm³/mol. The number of hydrogen-bond acceptors (Lipinski definition) is 4. The van der Waals surface area contributed by atoms with Crippen molar-refractivity contribution in [1.82, 2.24) is 14.8 Å². The Hall–Kier alpha value is -2.14. The van der Waals surface area contributed by atoms with Crippen LogP contribution in [0, 0.1) is 6.92 Å². The van der Waals surface area contributed by atoms with Gasteiger partial charge in [-0.2, -0.15) is 0 Å². The van der Waals surface area contributed by atoms with Crippen LogP contribution in [0.15, 0.2) is 34.7 Å². The minimum atomic E-state index is -0.0751. The van der Waals surface area contributed by atoms with E-state index in [-0.39, 0.29) is 11.8 Å². The number of carbonyl (C=O) groups excluding carboxylic acids is 1. The van der Waals surface area contributed by atoms with Crippen molar-refractivity contribution in [2.24, 2.45) is 0 Å². The highest BCUT2D eigenvalue weighted by molar-refractivity contribution is 5.93. The van der Waals surface area contributed by atoms with Crippen molar-refractivity contribution in [2.45, 2.75) is 33.2 Å². The standard InChI is InChI=1S/C19H27N3O2/c1-14(2)18-20-17(15(3)24-18)19(23)22(12-11-21(4)5)13-16-9-7-6-8-10-16/h6-10,14H,11-13H2,1-5H3. The van der Waals surface area contributed by atoms with E-state index in [0.717, 1.165) is 12.1 Å². The van der Waals surface area contributed by atoms with Crippen molar-refractivity contribution in [1.29, 1.82) is 0 Å². The molecule has 0 saturated carbocycles. The van der Waals surface area contributed by atoms with Crippen LogP contribution in [0.25, 0.3) is 0 Å². The van der Waals surface area contributed by atoms with Gasteiger partial charge in [0.15, 0.2) is 11.6 Å². The van der Waals surface area contributed by atoms with E-state index in [2.05, 4.69) is 9.88 Å². The minimum absolute atomic E-state index is 0.0751. The zero-order valence-electron chi connectivity index (χ0n) is 15.2. The van der Waals surface area contributed by atoms with E-state index in [4.69, 9.17) is 4.42 Å². The lowest BCUT2D eigenvalue weighted by Gasteiger charge is -2.24. The van der Waals surface area contributed by atoms with Gasteiger partial charge in [0.05, 0.1) is 0 Å². The van der Waals surface area contributed by atoms with Crippen molar-refractivity contribution in [3.05, 3.63) is 53.2 Å². The van der Waals surface area contributed by atoms with Crippen LogP contribution in [-0.2, 0) is 6.54 Å². The summed E-state index contributed by atoms with van der Waals surface area (Å²) in [6.45, 7) is 7.83. The lowest BCUT2D eigenvalue weighted by Crippen LogP contribution is -2.36. The van der Waals surface area contributed by atoms with Gasteiger partial charge in [0, 0.05) is 25.6 Å². The second-order valence-corrected chi connectivity index (χ2v) is 6.63. The van der Waals surface area contributed by atoms with Crippen LogP contribution in [-0.4, -0.2) is 47.9 Å². The first-order valence-electron chi connectivity index (χ1n) is 8.33. The molecule has 0 saturated heterocycles. The second-order valence-electron chi connectivity index (χ2n) is 6.63. The van der Waals surface area contributed by atoms with Crippen molar-refractivity contribution in [3.8, 4) is 0 Å². The summed E-state index contributed by atoms with van der Waals surface area (Å²) >= 11 is 0. The van der Waals surface area contributed by atoms with Crippen LogP contribution in [0.3, 0.4) is 0 Å². The second kappa shape index (κ2) is 8.11. The third kappa shape index (κ3) is 4.68. The van der Waals surface area contributed by atoms with E-state index >= 15 is 0 Å². The molecule has 5 heteroatoms. The molecule has 1 amide bonds. The molecule has 0 bridgehead atoms. The molecule has 0 N–H and O–H groups in total. The van der Waals surface area contributed by atoms with E-state index in [0.29, 0.717) is 30.4 Å². The fraction of sp³-hybridized carbons (Fsp3) is 0.474. The Bertz CT molecular complexity index is 663. The summed E-state index contributed by atoms with van der Waals surface area (Å²) in [5.74, 6) is 1.29. The molecular formula is C19H27N3O2. The number of rotatable bonds is 7. The number of oxazole rings is 1. The number of hydrogen-bond donors (Lipinski definition) is 0. The molecule has 130 valence electrons. The van der Waals surface area contributed by atoms with Gasteiger partial charge in [-0.3, -0.25) is 4.79 Å². The van der Waals surface area contributed by atoms with Gasteiger partial charge in [-0.25, -0.2) is 4.98 Å². The van der Waals surface area contributed by atoms with E-state index < -0.39 is 0 Å². The molecule has 0 aliphatic rings. The first-order valence-corrected chi connectivity index (χ1v) is 8.33. The predicted octanol–water partition coefficient (Wildman–Crippen LogP) is 3.31. The average Bonchev–Trinajstić information content (AvgIpc) is 2.93. The smallest absolute Gasteiger partial charge is 0.276 e. The van der Waals surface area contributed by atoms with E-state index in [1.54, 1.807) is 6.92 Å². The Morgan fingerprint density at radius 2 is 1.83 bits per heavy atom. The van der Waals surface area contributed by atoms with Gasteiger partial charge in [-0.15, -0.1) is 0 Å². The van der Waals surface area contributed by atoms with Crippen LogP contribution in [0.1, 0.15) is 47.5 Å². The van der Waals surface area contributed by atoms with Gasteiger partial charge in [0.25, 0.3) is 5.91 Å². The van der Waals surface area contributed by atoms with Gasteiger partial charge in [0.1, 0.15) is 5.76 Å². The number of carbonyl (C=O) groups is 1. The molecule has 5 nitrogen and oxygen atoms in total. The van der Waals surface area contributed by atoms with E-state index in [1.807, 2.05) is 63.2 Å². The highest BCUT2D eigenvalue weighted by Gasteiger charge is 2.24. The molecule has 0 unspecified atom stereocenters. The van der Waals surface area contributed by atoms with Crippen LogP contribution >= 0.6 is 0 Å². The Labute approximate surface area is 144 Å². The Morgan fingerprint density at radius 3 is 2.38 bits per heavy atom.